The zero-order chi connectivity index (χ0) is 25.9. The highest BCUT2D eigenvalue weighted by Gasteiger charge is 2.31. The highest BCUT2D eigenvalue weighted by molar-refractivity contribution is 5.59. The average Bonchev–Trinajstić information content (AvgIpc) is 2.92. The molecule has 0 bridgehead atoms. The van der Waals surface area contributed by atoms with Crippen LogP contribution in [0.3, 0.4) is 0 Å². The fraction of sp³-hybridized carbons (Fsp3) is 0.562. The van der Waals surface area contributed by atoms with E-state index in [1.54, 1.807) is 18.2 Å². The van der Waals surface area contributed by atoms with Crippen LogP contribution in [-0.4, -0.2) is 12.7 Å². The van der Waals surface area contributed by atoms with Crippen molar-refractivity contribution in [1.82, 2.24) is 0 Å². The number of halogens is 3. The standard InChI is InChI=1S/C32H39F3O2/c1-3-5-20-7-9-21(10-8-20)25-14-16-27(36-19-25)15-13-23-17-26-18-24-12-11-22(6-4-2)29(34)31(24)37-32(26)30(35)28(23)33/h11-13,15,17,20-21,25,27H,3-10,14,16,18-19H2,1-2H3/b15-13+. The Balaban J connectivity index is 1.23. The van der Waals surface area contributed by atoms with Gasteiger partial charge in [-0.2, -0.15) is 4.39 Å². The van der Waals surface area contributed by atoms with E-state index in [0.717, 1.165) is 37.7 Å². The maximum Gasteiger partial charge on any atom is 0.202 e. The van der Waals surface area contributed by atoms with Crippen LogP contribution in [0.4, 0.5) is 13.2 Å². The molecule has 1 saturated carbocycles. The van der Waals surface area contributed by atoms with Gasteiger partial charge in [0, 0.05) is 23.1 Å². The molecular weight excluding hydrogens is 473 g/mol. The summed E-state index contributed by atoms with van der Waals surface area (Å²) in [4.78, 5) is 0. The molecule has 0 amide bonds. The maximum absolute atomic E-state index is 15.0. The molecule has 2 nitrogen and oxygen atoms in total. The van der Waals surface area contributed by atoms with Crippen molar-refractivity contribution in [2.24, 2.45) is 17.8 Å². The Kier molecular flexibility index (Phi) is 8.28. The summed E-state index contributed by atoms with van der Waals surface area (Å²) in [5.41, 5.74) is 1.88. The quantitative estimate of drug-likeness (QED) is 0.314. The predicted molar refractivity (Wildman–Crippen MR) is 141 cm³/mol. The third kappa shape index (κ3) is 5.62. The molecule has 1 aliphatic carbocycles. The minimum atomic E-state index is -1.06. The van der Waals surface area contributed by atoms with Crippen molar-refractivity contribution in [3.8, 4) is 11.5 Å². The second kappa shape index (κ2) is 11.6. The molecule has 37 heavy (non-hydrogen) atoms. The molecule has 2 aliphatic heterocycles. The van der Waals surface area contributed by atoms with Crippen molar-refractivity contribution < 1.29 is 22.6 Å². The first-order valence-electron chi connectivity index (χ1n) is 14.3. The molecule has 5 heteroatoms. The molecule has 2 unspecified atom stereocenters. The first-order valence-corrected chi connectivity index (χ1v) is 14.3. The monoisotopic (exact) mass is 512 g/mol. The van der Waals surface area contributed by atoms with Gasteiger partial charge in [0.2, 0.25) is 5.82 Å². The van der Waals surface area contributed by atoms with Crippen LogP contribution in [0.2, 0.25) is 0 Å². The van der Waals surface area contributed by atoms with Crippen molar-refractivity contribution in [2.75, 3.05) is 6.61 Å². The lowest BCUT2D eigenvalue weighted by atomic mass is 9.73. The highest BCUT2D eigenvalue weighted by atomic mass is 19.2. The van der Waals surface area contributed by atoms with E-state index in [1.165, 1.54) is 38.5 Å². The van der Waals surface area contributed by atoms with E-state index < -0.39 is 17.5 Å². The molecule has 3 aliphatic rings. The number of hydrogen-bond acceptors (Lipinski definition) is 2. The summed E-state index contributed by atoms with van der Waals surface area (Å²) in [5, 5.41) is 0. The fourth-order valence-electron chi connectivity index (χ4n) is 6.59. The predicted octanol–water partition coefficient (Wildman–Crippen LogP) is 9.17. The molecule has 0 spiro atoms. The van der Waals surface area contributed by atoms with Gasteiger partial charge in [-0.15, -0.1) is 0 Å². The maximum atomic E-state index is 15.0. The Labute approximate surface area is 219 Å². The van der Waals surface area contributed by atoms with Crippen LogP contribution < -0.4 is 4.74 Å². The third-order valence-corrected chi connectivity index (χ3v) is 8.72. The first-order chi connectivity index (χ1) is 18.0. The van der Waals surface area contributed by atoms with Crippen LogP contribution >= 0.6 is 0 Å². The Morgan fingerprint density at radius 2 is 1.59 bits per heavy atom. The van der Waals surface area contributed by atoms with Gasteiger partial charge in [-0.3, -0.25) is 0 Å². The van der Waals surface area contributed by atoms with Crippen LogP contribution in [0, 0.1) is 35.2 Å². The van der Waals surface area contributed by atoms with Crippen molar-refractivity contribution in [2.45, 2.75) is 90.6 Å². The summed E-state index contributed by atoms with van der Waals surface area (Å²) in [7, 11) is 0. The number of fused-ring (bicyclic) bond motifs is 2. The normalized spacial score (nSPS) is 25.5. The van der Waals surface area contributed by atoms with Gasteiger partial charge in [-0.05, 0) is 61.5 Å². The molecule has 2 heterocycles. The van der Waals surface area contributed by atoms with E-state index in [2.05, 4.69) is 6.92 Å². The molecule has 5 rings (SSSR count). The summed E-state index contributed by atoms with van der Waals surface area (Å²) >= 11 is 0. The fourth-order valence-corrected chi connectivity index (χ4v) is 6.59. The molecule has 1 saturated heterocycles. The summed E-state index contributed by atoms with van der Waals surface area (Å²) in [6.45, 7) is 4.99. The van der Waals surface area contributed by atoms with Gasteiger partial charge in [0.25, 0.3) is 0 Å². The van der Waals surface area contributed by atoms with Gasteiger partial charge in [0.15, 0.2) is 23.1 Å². The third-order valence-electron chi connectivity index (χ3n) is 8.72. The lowest BCUT2D eigenvalue weighted by Gasteiger charge is -2.37. The van der Waals surface area contributed by atoms with Crippen LogP contribution in [0.25, 0.3) is 6.08 Å². The van der Waals surface area contributed by atoms with E-state index in [0.29, 0.717) is 35.4 Å². The van der Waals surface area contributed by atoms with E-state index >= 15 is 4.39 Å². The Hall–Kier alpha value is -2.27. The van der Waals surface area contributed by atoms with E-state index in [1.807, 2.05) is 19.1 Å². The zero-order valence-electron chi connectivity index (χ0n) is 22.1. The van der Waals surface area contributed by atoms with Gasteiger partial charge in [-0.25, -0.2) is 8.78 Å². The molecular formula is C32H39F3O2. The number of ether oxygens (including phenoxy) is 2. The molecule has 2 aromatic carbocycles. The largest absolute Gasteiger partial charge is 0.450 e. The Bertz CT molecular complexity index is 1130. The van der Waals surface area contributed by atoms with Crippen molar-refractivity contribution in [3.63, 3.8) is 0 Å². The second-order valence-electron chi connectivity index (χ2n) is 11.3. The van der Waals surface area contributed by atoms with Crippen LogP contribution in [0.15, 0.2) is 24.3 Å². The van der Waals surface area contributed by atoms with Crippen molar-refractivity contribution >= 4 is 6.08 Å². The SMILES string of the molecule is CCCc1ccc2c(c1F)Oc1c(cc(/C=C/C3CCC(C4CCC(CCC)CC4)CO3)c(F)c1F)C2. The summed E-state index contributed by atoms with van der Waals surface area (Å²) in [6, 6.07) is 5.20. The molecule has 2 atom stereocenters. The number of rotatable bonds is 7. The number of aryl methyl sites for hydroxylation is 1. The lowest BCUT2D eigenvalue weighted by Crippen LogP contribution is -2.31. The smallest absolute Gasteiger partial charge is 0.202 e. The average molecular weight is 513 g/mol. The van der Waals surface area contributed by atoms with E-state index in [-0.39, 0.29) is 23.2 Å². The molecule has 2 aromatic rings. The topological polar surface area (TPSA) is 18.5 Å². The van der Waals surface area contributed by atoms with Crippen LogP contribution in [0.1, 0.15) is 93.9 Å². The molecule has 200 valence electrons. The Morgan fingerprint density at radius 1 is 0.838 bits per heavy atom. The van der Waals surface area contributed by atoms with Crippen LogP contribution in [-0.2, 0) is 17.6 Å². The van der Waals surface area contributed by atoms with Gasteiger partial charge < -0.3 is 9.47 Å². The molecule has 0 radical (unpaired) electrons. The van der Waals surface area contributed by atoms with E-state index in [9.17, 15) is 8.78 Å². The van der Waals surface area contributed by atoms with E-state index in [4.69, 9.17) is 9.47 Å². The molecule has 2 fully saturated rings. The minimum Gasteiger partial charge on any atom is -0.450 e. The second-order valence-corrected chi connectivity index (χ2v) is 11.3. The van der Waals surface area contributed by atoms with Crippen molar-refractivity contribution in [1.29, 1.82) is 0 Å². The van der Waals surface area contributed by atoms with Crippen molar-refractivity contribution in [3.05, 3.63) is 64.0 Å². The Morgan fingerprint density at radius 3 is 2.30 bits per heavy atom. The lowest BCUT2D eigenvalue weighted by molar-refractivity contribution is -0.0164. The molecule has 0 aromatic heterocycles. The first kappa shape index (κ1) is 26.3. The summed E-state index contributed by atoms with van der Waals surface area (Å²) in [5.74, 6) is -0.423. The zero-order valence-corrected chi connectivity index (χ0v) is 22.1. The van der Waals surface area contributed by atoms with Gasteiger partial charge in [-0.1, -0.05) is 70.2 Å². The molecule has 0 N–H and O–H groups in total. The van der Waals surface area contributed by atoms with Gasteiger partial charge >= 0.3 is 0 Å². The van der Waals surface area contributed by atoms with Gasteiger partial charge in [0.05, 0.1) is 12.7 Å². The highest BCUT2D eigenvalue weighted by Crippen LogP contribution is 2.43. The number of hydrogen-bond donors (Lipinski definition) is 0. The summed E-state index contributed by atoms with van der Waals surface area (Å²) in [6.07, 6.45) is 15.0. The summed E-state index contributed by atoms with van der Waals surface area (Å²) < 4.78 is 56.7. The van der Waals surface area contributed by atoms with Gasteiger partial charge in [0.1, 0.15) is 0 Å². The number of benzene rings is 2. The minimum absolute atomic E-state index is 0.0176. The van der Waals surface area contributed by atoms with Crippen LogP contribution in [0.5, 0.6) is 11.5 Å².